The van der Waals surface area contributed by atoms with E-state index >= 15 is 0 Å². The Morgan fingerprint density at radius 2 is 1.95 bits per heavy atom. The van der Waals surface area contributed by atoms with Gasteiger partial charge in [-0.3, -0.25) is 0 Å². The molecule has 5 heteroatoms. The van der Waals surface area contributed by atoms with Crippen molar-refractivity contribution in [1.29, 1.82) is 5.26 Å². The number of benzene rings is 1. The van der Waals surface area contributed by atoms with Crippen LogP contribution >= 0.6 is 15.9 Å². The van der Waals surface area contributed by atoms with Crippen LogP contribution in [0.2, 0.25) is 0 Å². The molecule has 0 atom stereocenters. The van der Waals surface area contributed by atoms with E-state index in [1.807, 2.05) is 16.8 Å². The van der Waals surface area contributed by atoms with Gasteiger partial charge in [0.2, 0.25) is 0 Å². The highest BCUT2D eigenvalue weighted by atomic mass is 79.9. The van der Waals surface area contributed by atoms with E-state index in [-0.39, 0.29) is 0 Å². The maximum atomic E-state index is 8.52. The van der Waals surface area contributed by atoms with E-state index in [9.17, 15) is 0 Å². The molecule has 2 rings (SSSR count). The Morgan fingerprint density at radius 1 is 1.23 bits per heavy atom. The lowest BCUT2D eigenvalue weighted by molar-refractivity contribution is 0.626. The van der Waals surface area contributed by atoms with Gasteiger partial charge in [0.15, 0.2) is 0 Å². The molecule has 22 heavy (non-hydrogen) atoms. The number of aromatic nitrogens is 2. The lowest BCUT2D eigenvalue weighted by Crippen LogP contribution is -2.15. The smallest absolute Gasteiger partial charge is 0.0649 e. The van der Waals surface area contributed by atoms with Crippen molar-refractivity contribution in [3.8, 4) is 11.8 Å². The number of aryl methyl sites for hydroxylation is 1. The van der Waals surface area contributed by atoms with Crippen LogP contribution < -0.4 is 5.32 Å². The molecule has 1 heterocycles. The predicted octanol–water partition coefficient (Wildman–Crippen LogP) is 4.04. The summed E-state index contributed by atoms with van der Waals surface area (Å²) in [5.41, 5.74) is 4.56. The fourth-order valence-corrected chi connectivity index (χ4v) is 2.70. The zero-order chi connectivity index (χ0) is 15.9. The highest BCUT2D eigenvalue weighted by Crippen LogP contribution is 2.19. The van der Waals surface area contributed by atoms with Crippen molar-refractivity contribution < 1.29 is 0 Å². The third-order valence-electron chi connectivity index (χ3n) is 3.71. The van der Waals surface area contributed by atoms with Crippen molar-refractivity contribution in [2.45, 2.75) is 39.7 Å². The summed E-state index contributed by atoms with van der Waals surface area (Å²) >= 11 is 3.46. The standard InChI is InChI=1S/C17H21BrN4/c1-13-17(12-20-11-5-3-4-10-19)14(2)22(21-13)16-8-6-15(18)7-9-16/h6-9,20H,3-5,11-12H2,1-2H3. The van der Waals surface area contributed by atoms with Gasteiger partial charge < -0.3 is 5.32 Å². The average Bonchev–Trinajstić information content (AvgIpc) is 2.79. The molecule has 0 radical (unpaired) electrons. The Balaban J connectivity index is 2.01. The van der Waals surface area contributed by atoms with E-state index in [1.165, 1.54) is 11.3 Å². The van der Waals surface area contributed by atoms with Crippen molar-refractivity contribution in [1.82, 2.24) is 15.1 Å². The minimum Gasteiger partial charge on any atom is -0.313 e. The van der Waals surface area contributed by atoms with Gasteiger partial charge in [0.1, 0.15) is 0 Å². The van der Waals surface area contributed by atoms with E-state index in [2.05, 4.69) is 58.4 Å². The summed E-state index contributed by atoms with van der Waals surface area (Å²) in [7, 11) is 0. The third-order valence-corrected chi connectivity index (χ3v) is 4.23. The van der Waals surface area contributed by atoms with Crippen molar-refractivity contribution >= 4 is 15.9 Å². The average molecular weight is 361 g/mol. The number of rotatable bonds is 7. The second-order valence-electron chi connectivity index (χ2n) is 5.33. The Kier molecular flexibility index (Phi) is 6.17. The van der Waals surface area contributed by atoms with Crippen LogP contribution in [0.15, 0.2) is 28.7 Å². The summed E-state index contributed by atoms with van der Waals surface area (Å²) in [4.78, 5) is 0. The van der Waals surface area contributed by atoms with Crippen LogP contribution in [0.4, 0.5) is 0 Å². The van der Waals surface area contributed by atoms with Gasteiger partial charge in [-0.1, -0.05) is 15.9 Å². The summed E-state index contributed by atoms with van der Waals surface area (Å²) in [5, 5.41) is 16.6. The van der Waals surface area contributed by atoms with Gasteiger partial charge in [-0.25, -0.2) is 4.68 Å². The molecule has 2 aromatic rings. The fourth-order valence-electron chi connectivity index (χ4n) is 2.43. The maximum absolute atomic E-state index is 8.52. The minimum absolute atomic E-state index is 0.640. The van der Waals surface area contributed by atoms with Crippen molar-refractivity contribution in [3.05, 3.63) is 45.7 Å². The second kappa shape index (κ2) is 8.11. The van der Waals surface area contributed by atoms with E-state index in [4.69, 9.17) is 5.26 Å². The summed E-state index contributed by atoms with van der Waals surface area (Å²) in [6.45, 7) is 5.91. The molecule has 0 aliphatic rings. The Hall–Kier alpha value is -1.64. The van der Waals surface area contributed by atoms with E-state index in [0.29, 0.717) is 6.42 Å². The summed E-state index contributed by atoms with van der Waals surface area (Å²) < 4.78 is 3.06. The highest BCUT2D eigenvalue weighted by Gasteiger charge is 2.12. The number of halogens is 1. The van der Waals surface area contributed by atoms with Gasteiger partial charge >= 0.3 is 0 Å². The van der Waals surface area contributed by atoms with Crippen molar-refractivity contribution in [2.75, 3.05) is 6.54 Å². The molecular formula is C17H21BrN4. The molecule has 0 aliphatic heterocycles. The van der Waals surface area contributed by atoms with E-state index in [1.54, 1.807) is 0 Å². The topological polar surface area (TPSA) is 53.6 Å². The summed E-state index contributed by atoms with van der Waals surface area (Å²) in [6.07, 6.45) is 2.63. The Labute approximate surface area is 140 Å². The van der Waals surface area contributed by atoms with E-state index < -0.39 is 0 Å². The fraction of sp³-hybridized carbons (Fsp3) is 0.412. The van der Waals surface area contributed by atoms with Crippen molar-refractivity contribution in [3.63, 3.8) is 0 Å². The van der Waals surface area contributed by atoms with Crippen LogP contribution in [0.25, 0.3) is 5.69 Å². The number of unbranched alkanes of at least 4 members (excludes halogenated alkanes) is 2. The highest BCUT2D eigenvalue weighted by molar-refractivity contribution is 9.10. The first-order valence-electron chi connectivity index (χ1n) is 7.52. The molecular weight excluding hydrogens is 340 g/mol. The molecule has 0 bridgehead atoms. The minimum atomic E-state index is 0.640. The maximum Gasteiger partial charge on any atom is 0.0649 e. The zero-order valence-electron chi connectivity index (χ0n) is 13.1. The first-order valence-corrected chi connectivity index (χ1v) is 8.31. The molecule has 0 saturated heterocycles. The number of hydrogen-bond acceptors (Lipinski definition) is 3. The quantitative estimate of drug-likeness (QED) is 0.758. The van der Waals surface area contributed by atoms with Gasteiger partial charge in [-0.15, -0.1) is 0 Å². The summed E-state index contributed by atoms with van der Waals surface area (Å²) in [5.74, 6) is 0. The Bertz CT molecular complexity index is 653. The first-order chi connectivity index (χ1) is 10.6. The third kappa shape index (κ3) is 4.19. The Morgan fingerprint density at radius 3 is 2.64 bits per heavy atom. The lowest BCUT2D eigenvalue weighted by Gasteiger charge is -2.07. The normalized spacial score (nSPS) is 10.6. The van der Waals surface area contributed by atoms with Gasteiger partial charge in [-0.05, 0) is 57.5 Å². The second-order valence-corrected chi connectivity index (χ2v) is 6.25. The molecule has 0 aliphatic carbocycles. The van der Waals surface area contributed by atoms with Crippen LogP contribution in [-0.4, -0.2) is 16.3 Å². The predicted molar refractivity (Wildman–Crippen MR) is 91.9 cm³/mol. The molecule has 0 fully saturated rings. The van der Waals surface area contributed by atoms with E-state index in [0.717, 1.165) is 41.8 Å². The monoisotopic (exact) mass is 360 g/mol. The van der Waals surface area contributed by atoms with Gasteiger partial charge in [-0.2, -0.15) is 10.4 Å². The first kappa shape index (κ1) is 16.7. The molecule has 1 aromatic heterocycles. The van der Waals surface area contributed by atoms with Crippen molar-refractivity contribution in [2.24, 2.45) is 0 Å². The molecule has 0 saturated carbocycles. The molecule has 0 unspecified atom stereocenters. The molecule has 1 aromatic carbocycles. The van der Waals surface area contributed by atoms with Crippen LogP contribution in [0.3, 0.4) is 0 Å². The molecule has 1 N–H and O–H groups in total. The van der Waals surface area contributed by atoms with Gasteiger partial charge in [0.25, 0.3) is 0 Å². The molecule has 0 amide bonds. The SMILES string of the molecule is Cc1nn(-c2ccc(Br)cc2)c(C)c1CNCCCCC#N. The van der Waals surface area contributed by atoms with Crippen LogP contribution in [-0.2, 0) is 6.54 Å². The summed E-state index contributed by atoms with van der Waals surface area (Å²) in [6, 6.07) is 10.3. The van der Waals surface area contributed by atoms with Crippen LogP contribution in [0.5, 0.6) is 0 Å². The molecule has 0 spiro atoms. The largest absolute Gasteiger partial charge is 0.313 e. The number of hydrogen-bond donors (Lipinski definition) is 1. The number of nitriles is 1. The van der Waals surface area contributed by atoms with Crippen LogP contribution in [0.1, 0.15) is 36.2 Å². The number of nitrogens with zero attached hydrogens (tertiary/aromatic N) is 3. The molecule has 4 nitrogen and oxygen atoms in total. The van der Waals surface area contributed by atoms with Gasteiger partial charge in [0.05, 0.1) is 17.5 Å². The van der Waals surface area contributed by atoms with Crippen LogP contribution in [0, 0.1) is 25.2 Å². The molecule has 116 valence electrons. The zero-order valence-corrected chi connectivity index (χ0v) is 14.7. The van der Waals surface area contributed by atoms with Gasteiger partial charge in [0, 0.05) is 28.7 Å². The number of nitrogens with one attached hydrogen (secondary N) is 1. The lowest BCUT2D eigenvalue weighted by atomic mass is 10.2.